The average molecular weight is 480 g/mol. The van der Waals surface area contributed by atoms with E-state index in [9.17, 15) is 14.0 Å². The van der Waals surface area contributed by atoms with E-state index in [1.54, 1.807) is 4.90 Å². The molecule has 8 heteroatoms. The highest BCUT2D eigenvalue weighted by molar-refractivity contribution is 6.11. The van der Waals surface area contributed by atoms with Crippen LogP contribution in [0.25, 0.3) is 0 Å². The first-order valence-electron chi connectivity index (χ1n) is 12.0. The van der Waals surface area contributed by atoms with Crippen LogP contribution in [-0.4, -0.2) is 42.3 Å². The third-order valence-electron chi connectivity index (χ3n) is 7.18. The second-order valence-corrected chi connectivity index (χ2v) is 9.31. The predicted octanol–water partition coefficient (Wildman–Crippen LogP) is 4.26. The van der Waals surface area contributed by atoms with Crippen molar-refractivity contribution in [3.63, 3.8) is 0 Å². The first-order valence-corrected chi connectivity index (χ1v) is 12.0. The molecule has 0 N–H and O–H groups in total. The van der Waals surface area contributed by atoms with Crippen molar-refractivity contribution in [1.29, 1.82) is 0 Å². The largest absolute Gasteiger partial charge is 0.494 e. The third kappa shape index (κ3) is 3.72. The zero-order chi connectivity index (χ0) is 24.1. The summed E-state index contributed by atoms with van der Waals surface area (Å²) in [5.41, 5.74) is 1.94. The number of nitrogens with zero attached hydrogens (tertiary/aromatic N) is 1. The molecule has 1 fully saturated rings. The molecule has 1 aliphatic carbocycles. The fourth-order valence-corrected chi connectivity index (χ4v) is 5.52. The highest BCUT2D eigenvalue weighted by Crippen LogP contribution is 2.48. The summed E-state index contributed by atoms with van der Waals surface area (Å²) in [5.74, 6) is 1.01. The summed E-state index contributed by atoms with van der Waals surface area (Å²) < 4.78 is 36.8. The van der Waals surface area contributed by atoms with Gasteiger partial charge in [0.05, 0.1) is 24.1 Å². The van der Waals surface area contributed by atoms with Crippen LogP contribution in [0.2, 0.25) is 0 Å². The molecule has 4 atom stereocenters. The molecule has 182 valence electrons. The normalized spacial score (nSPS) is 27.0. The van der Waals surface area contributed by atoms with Crippen LogP contribution < -0.4 is 14.2 Å². The molecule has 3 aliphatic heterocycles. The van der Waals surface area contributed by atoms with Crippen LogP contribution >= 0.6 is 0 Å². The first-order chi connectivity index (χ1) is 17.0. The first kappa shape index (κ1) is 21.9. The number of fused-ring (bicyclic) bond motifs is 2. The molecule has 0 radical (unpaired) electrons. The smallest absolute Gasteiger partial charge is 0.290 e. The Morgan fingerprint density at radius 3 is 2.66 bits per heavy atom. The molecular weight excluding hydrogens is 453 g/mol. The number of ketones is 1. The maximum atomic E-state index is 14.2. The molecule has 2 aromatic rings. The minimum absolute atomic E-state index is 0.105. The maximum absolute atomic E-state index is 14.2. The van der Waals surface area contributed by atoms with E-state index < -0.39 is 24.2 Å². The van der Waals surface area contributed by atoms with E-state index >= 15 is 0 Å². The molecule has 1 amide bonds. The lowest BCUT2D eigenvalue weighted by atomic mass is 9.77. The number of hydrogen-bond donors (Lipinski definition) is 0. The van der Waals surface area contributed by atoms with Gasteiger partial charge in [-0.3, -0.25) is 9.59 Å². The third-order valence-corrected chi connectivity index (χ3v) is 7.18. The van der Waals surface area contributed by atoms with Gasteiger partial charge in [-0.05, 0) is 61.6 Å². The Hall–Kier alpha value is -3.55. The fourth-order valence-electron chi connectivity index (χ4n) is 5.52. The number of halogens is 1. The quantitative estimate of drug-likeness (QED) is 0.638. The van der Waals surface area contributed by atoms with Crippen LogP contribution in [0.15, 0.2) is 53.8 Å². The molecule has 0 spiro atoms. The minimum atomic E-state index is -1.03. The Labute approximate surface area is 202 Å². The second kappa shape index (κ2) is 8.59. The lowest BCUT2D eigenvalue weighted by molar-refractivity contribution is -0.136. The van der Waals surface area contributed by atoms with Gasteiger partial charge in [-0.15, -0.1) is 0 Å². The Morgan fingerprint density at radius 2 is 1.86 bits per heavy atom. The summed E-state index contributed by atoms with van der Waals surface area (Å²) in [6.45, 7) is 2.85. The maximum Gasteiger partial charge on any atom is 0.290 e. The number of alkyl halides is 1. The molecule has 35 heavy (non-hydrogen) atoms. The van der Waals surface area contributed by atoms with Crippen LogP contribution in [0.4, 0.5) is 4.39 Å². The summed E-state index contributed by atoms with van der Waals surface area (Å²) in [6.07, 6.45) is -0.584. The number of hydrogen-bond acceptors (Lipinski definition) is 6. The van der Waals surface area contributed by atoms with Gasteiger partial charge in [-0.2, -0.15) is 0 Å². The number of carbonyl (C=O) groups excluding carboxylic acids is 2. The summed E-state index contributed by atoms with van der Waals surface area (Å²) in [6, 6.07) is 12.3. The van der Waals surface area contributed by atoms with Crippen molar-refractivity contribution >= 4 is 11.7 Å². The topological polar surface area (TPSA) is 74.3 Å². The van der Waals surface area contributed by atoms with Crippen molar-refractivity contribution in [3.8, 4) is 17.2 Å². The molecule has 0 aromatic heterocycles. The van der Waals surface area contributed by atoms with Crippen LogP contribution in [0.1, 0.15) is 43.4 Å². The SMILES string of the molecule is CCOc1ccc(C2C3=C(OC4CCC(F)CC4C3=O)C(=O)N2Cc2ccc3c(c2)OCO3)cc1. The van der Waals surface area contributed by atoms with Crippen LogP contribution in [-0.2, 0) is 20.9 Å². The van der Waals surface area contributed by atoms with Gasteiger partial charge >= 0.3 is 0 Å². The van der Waals surface area contributed by atoms with Gasteiger partial charge in [0.25, 0.3) is 5.91 Å². The number of Topliss-reactive ketones (excluding diaryl/α,β-unsaturated/α-hetero) is 1. The number of benzene rings is 2. The van der Waals surface area contributed by atoms with E-state index in [4.69, 9.17) is 18.9 Å². The standard InChI is InChI=1S/C27H26FNO6/c1-2-32-18-7-4-16(5-8-18)24-23-25(30)19-12-17(28)6-10-20(19)35-26(23)27(31)29(24)13-15-3-9-21-22(11-15)34-14-33-21/h3-5,7-9,11,17,19-20,24H,2,6,10,12-14H2,1H3. The average Bonchev–Trinajstić information content (AvgIpc) is 3.43. The van der Waals surface area contributed by atoms with Gasteiger partial charge in [-0.1, -0.05) is 18.2 Å². The number of rotatable bonds is 5. The lowest BCUT2D eigenvalue weighted by Gasteiger charge is -2.36. The highest BCUT2D eigenvalue weighted by atomic mass is 19.1. The van der Waals surface area contributed by atoms with Gasteiger partial charge in [0, 0.05) is 6.54 Å². The van der Waals surface area contributed by atoms with E-state index in [1.165, 1.54) is 0 Å². The Bertz CT molecular complexity index is 1210. The van der Waals surface area contributed by atoms with Gasteiger partial charge < -0.3 is 23.8 Å². The monoisotopic (exact) mass is 479 g/mol. The van der Waals surface area contributed by atoms with Crippen molar-refractivity contribution in [1.82, 2.24) is 4.90 Å². The number of carbonyl (C=O) groups is 2. The minimum Gasteiger partial charge on any atom is -0.494 e. The molecule has 0 saturated heterocycles. The summed E-state index contributed by atoms with van der Waals surface area (Å²) in [7, 11) is 0. The molecule has 4 unspecified atom stereocenters. The van der Waals surface area contributed by atoms with Gasteiger partial charge in [0.1, 0.15) is 18.0 Å². The van der Waals surface area contributed by atoms with Crippen molar-refractivity contribution in [2.45, 2.75) is 51.0 Å². The van der Waals surface area contributed by atoms with Crippen molar-refractivity contribution in [3.05, 3.63) is 64.9 Å². The Kier molecular flexibility index (Phi) is 5.39. The van der Waals surface area contributed by atoms with Crippen LogP contribution in [0, 0.1) is 5.92 Å². The zero-order valence-corrected chi connectivity index (χ0v) is 19.4. The van der Waals surface area contributed by atoms with Crippen molar-refractivity contribution < 1.29 is 32.9 Å². The van der Waals surface area contributed by atoms with E-state index in [-0.39, 0.29) is 37.2 Å². The predicted molar refractivity (Wildman–Crippen MR) is 123 cm³/mol. The zero-order valence-electron chi connectivity index (χ0n) is 19.4. The molecule has 1 saturated carbocycles. The molecule has 3 heterocycles. The van der Waals surface area contributed by atoms with Crippen LogP contribution in [0.3, 0.4) is 0 Å². The summed E-state index contributed by atoms with van der Waals surface area (Å²) in [5, 5.41) is 0. The van der Waals surface area contributed by atoms with E-state index in [1.807, 2.05) is 49.4 Å². The van der Waals surface area contributed by atoms with Crippen LogP contribution in [0.5, 0.6) is 17.2 Å². The molecule has 2 aromatic carbocycles. The van der Waals surface area contributed by atoms with Gasteiger partial charge in [0.15, 0.2) is 23.0 Å². The second-order valence-electron chi connectivity index (χ2n) is 9.31. The van der Waals surface area contributed by atoms with Gasteiger partial charge in [-0.25, -0.2) is 4.39 Å². The highest BCUT2D eigenvalue weighted by Gasteiger charge is 2.52. The lowest BCUT2D eigenvalue weighted by Crippen LogP contribution is -2.42. The number of ether oxygens (including phenoxy) is 4. The van der Waals surface area contributed by atoms with Crippen molar-refractivity contribution in [2.75, 3.05) is 13.4 Å². The van der Waals surface area contributed by atoms with E-state index in [2.05, 4.69) is 0 Å². The molecule has 6 rings (SSSR count). The number of amides is 1. The summed E-state index contributed by atoms with van der Waals surface area (Å²) >= 11 is 0. The molecular formula is C27H26FNO6. The van der Waals surface area contributed by atoms with Gasteiger partial charge in [0.2, 0.25) is 6.79 Å². The molecule has 0 bridgehead atoms. The Morgan fingerprint density at radius 1 is 1.06 bits per heavy atom. The fraction of sp³-hybridized carbons (Fsp3) is 0.407. The van der Waals surface area contributed by atoms with Crippen molar-refractivity contribution in [2.24, 2.45) is 5.92 Å². The van der Waals surface area contributed by atoms with E-state index in [0.29, 0.717) is 42.3 Å². The Balaban J connectivity index is 1.39. The molecule has 4 aliphatic rings. The summed E-state index contributed by atoms with van der Waals surface area (Å²) in [4.78, 5) is 29.0. The van der Waals surface area contributed by atoms with E-state index in [0.717, 1.165) is 11.1 Å². The molecule has 7 nitrogen and oxygen atoms in total.